The van der Waals surface area contributed by atoms with Gasteiger partial charge >= 0.3 is 0 Å². The van der Waals surface area contributed by atoms with E-state index in [9.17, 15) is 0 Å². The Kier molecular flexibility index (Phi) is 4.30. The Morgan fingerprint density at radius 3 is 2.60 bits per heavy atom. The molecule has 1 aromatic heterocycles. The second kappa shape index (κ2) is 5.66. The molecule has 1 aliphatic rings. The lowest BCUT2D eigenvalue weighted by atomic mass is 10.0. The molecule has 0 unspecified atom stereocenters. The second-order valence-electron chi connectivity index (χ2n) is 7.00. The molecule has 0 aliphatic carbocycles. The smallest absolute Gasteiger partial charge is 0.151 e. The van der Waals surface area contributed by atoms with Crippen molar-refractivity contribution >= 4 is 5.82 Å². The van der Waals surface area contributed by atoms with E-state index in [2.05, 4.69) is 61.1 Å². The maximum atomic E-state index is 5.54. The van der Waals surface area contributed by atoms with Crippen molar-refractivity contribution in [2.24, 2.45) is 0 Å². The summed E-state index contributed by atoms with van der Waals surface area (Å²) in [4.78, 5) is 2.27. The van der Waals surface area contributed by atoms with Gasteiger partial charge in [0.05, 0.1) is 24.4 Å². The van der Waals surface area contributed by atoms with Crippen LogP contribution in [0.1, 0.15) is 40.3 Å². The summed E-state index contributed by atoms with van der Waals surface area (Å²) in [7, 11) is 0. The van der Waals surface area contributed by atoms with Crippen molar-refractivity contribution < 1.29 is 4.74 Å². The maximum absolute atomic E-state index is 5.54. The molecule has 112 valence electrons. The highest BCUT2D eigenvalue weighted by atomic mass is 16.5. The van der Waals surface area contributed by atoms with Gasteiger partial charge in [-0.2, -0.15) is 5.10 Å². The Morgan fingerprint density at radius 1 is 1.30 bits per heavy atom. The lowest BCUT2D eigenvalue weighted by Crippen LogP contribution is -2.53. The zero-order valence-electron chi connectivity index (χ0n) is 13.2. The fraction of sp³-hybridized carbons (Fsp3) is 0.733. The molecule has 1 saturated heterocycles. The van der Waals surface area contributed by atoms with Crippen LogP contribution in [0.5, 0.6) is 0 Å². The zero-order chi connectivity index (χ0) is 14.8. The van der Waals surface area contributed by atoms with Crippen LogP contribution in [-0.4, -0.2) is 41.0 Å². The third-order valence-electron chi connectivity index (χ3n) is 3.43. The first-order chi connectivity index (χ1) is 9.28. The third kappa shape index (κ3) is 3.90. The van der Waals surface area contributed by atoms with E-state index in [1.165, 1.54) is 0 Å². The van der Waals surface area contributed by atoms with Gasteiger partial charge in [-0.05, 0) is 46.8 Å². The highest BCUT2D eigenvalue weighted by molar-refractivity contribution is 5.41. The van der Waals surface area contributed by atoms with Crippen molar-refractivity contribution in [3.05, 3.63) is 17.8 Å². The number of aromatic nitrogens is 2. The van der Waals surface area contributed by atoms with Crippen LogP contribution in [0.4, 0.5) is 5.82 Å². The van der Waals surface area contributed by atoms with Gasteiger partial charge in [-0.15, -0.1) is 5.10 Å². The Morgan fingerprint density at radius 2 is 2.05 bits per heavy atom. The van der Waals surface area contributed by atoms with E-state index in [0.717, 1.165) is 37.8 Å². The Hall–Kier alpha value is -1.20. The van der Waals surface area contributed by atoms with Crippen molar-refractivity contribution in [1.29, 1.82) is 0 Å². The predicted molar refractivity (Wildman–Crippen MR) is 80.9 cm³/mol. The highest BCUT2D eigenvalue weighted by Crippen LogP contribution is 2.24. The number of hydrogen-bond donors (Lipinski definition) is 1. The Labute approximate surface area is 121 Å². The average molecular weight is 278 g/mol. The molecule has 0 saturated carbocycles. The van der Waals surface area contributed by atoms with Crippen LogP contribution in [0.15, 0.2) is 12.1 Å². The Bertz CT molecular complexity index is 436. The van der Waals surface area contributed by atoms with Gasteiger partial charge in [-0.25, -0.2) is 0 Å². The molecule has 2 heterocycles. The number of ether oxygens (including phenoxy) is 1. The molecular formula is C15H26N4O. The van der Waals surface area contributed by atoms with Crippen LogP contribution in [0.3, 0.4) is 0 Å². The molecular weight excluding hydrogens is 252 g/mol. The minimum absolute atomic E-state index is 0.0297. The first kappa shape index (κ1) is 15.2. The summed E-state index contributed by atoms with van der Waals surface area (Å²) in [5.74, 6) is 0.929. The summed E-state index contributed by atoms with van der Waals surface area (Å²) in [5.41, 5.74) is 1.03. The highest BCUT2D eigenvalue weighted by Gasteiger charge is 2.31. The summed E-state index contributed by atoms with van der Waals surface area (Å²) >= 11 is 0. The average Bonchev–Trinajstić information content (AvgIpc) is 2.36. The molecule has 20 heavy (non-hydrogen) atoms. The molecule has 0 bridgehead atoms. The van der Waals surface area contributed by atoms with Crippen LogP contribution in [0, 0.1) is 0 Å². The lowest BCUT2D eigenvalue weighted by molar-refractivity contribution is 0.0638. The number of hydrogen-bond acceptors (Lipinski definition) is 5. The first-order valence-corrected chi connectivity index (χ1v) is 7.21. The fourth-order valence-electron chi connectivity index (χ4n) is 2.23. The molecule has 0 amide bonds. The van der Waals surface area contributed by atoms with E-state index < -0.39 is 0 Å². The number of nitrogens with zero attached hydrogens (tertiary/aromatic N) is 3. The molecule has 1 aliphatic heterocycles. The summed E-state index contributed by atoms with van der Waals surface area (Å²) in [6.07, 6.45) is 0. The third-order valence-corrected chi connectivity index (χ3v) is 3.43. The number of anilines is 1. The van der Waals surface area contributed by atoms with E-state index in [-0.39, 0.29) is 11.1 Å². The van der Waals surface area contributed by atoms with E-state index in [4.69, 9.17) is 4.74 Å². The Balaban J connectivity index is 2.04. The summed E-state index contributed by atoms with van der Waals surface area (Å²) < 4.78 is 5.54. The second-order valence-corrected chi connectivity index (χ2v) is 7.00. The van der Waals surface area contributed by atoms with Crippen molar-refractivity contribution in [3.8, 4) is 0 Å². The first-order valence-electron chi connectivity index (χ1n) is 7.21. The van der Waals surface area contributed by atoms with Gasteiger partial charge in [0.1, 0.15) is 0 Å². The van der Waals surface area contributed by atoms with Crippen LogP contribution in [0.2, 0.25) is 0 Å². The van der Waals surface area contributed by atoms with Crippen molar-refractivity contribution in [3.63, 3.8) is 0 Å². The predicted octanol–water partition coefficient (Wildman–Crippen LogP) is 1.98. The van der Waals surface area contributed by atoms with Crippen molar-refractivity contribution in [1.82, 2.24) is 15.5 Å². The van der Waals surface area contributed by atoms with Crippen molar-refractivity contribution in [2.75, 3.05) is 24.7 Å². The lowest BCUT2D eigenvalue weighted by Gasteiger charge is -2.42. The number of nitrogens with one attached hydrogen (secondary N) is 1. The molecule has 0 spiro atoms. The van der Waals surface area contributed by atoms with Gasteiger partial charge in [-0.3, -0.25) is 0 Å². The van der Waals surface area contributed by atoms with Crippen LogP contribution in [0.25, 0.3) is 0 Å². The summed E-state index contributed by atoms with van der Waals surface area (Å²) in [6.45, 7) is 13.8. The number of rotatable bonds is 3. The van der Waals surface area contributed by atoms with Crippen LogP contribution >= 0.6 is 0 Å². The van der Waals surface area contributed by atoms with Crippen LogP contribution < -0.4 is 10.2 Å². The van der Waals surface area contributed by atoms with Gasteiger partial charge in [-0.1, -0.05) is 0 Å². The van der Waals surface area contributed by atoms with Gasteiger partial charge in [0.2, 0.25) is 0 Å². The SMILES string of the molecule is CC(C)(C)NCc1ccc(N2CCOCC2(C)C)nn1. The van der Waals surface area contributed by atoms with E-state index in [1.807, 2.05) is 6.07 Å². The standard InChI is InChI=1S/C15H26N4O/c1-14(2,3)16-10-12-6-7-13(18-17-12)19-8-9-20-11-15(19,4)5/h6-7,16H,8-11H2,1-5H3. The monoisotopic (exact) mass is 278 g/mol. The normalized spacial score (nSPS) is 19.1. The van der Waals surface area contributed by atoms with Gasteiger partial charge in [0.25, 0.3) is 0 Å². The molecule has 2 rings (SSSR count). The molecule has 5 nitrogen and oxygen atoms in total. The molecule has 5 heteroatoms. The van der Waals surface area contributed by atoms with Crippen LogP contribution in [-0.2, 0) is 11.3 Å². The van der Waals surface area contributed by atoms with Crippen molar-refractivity contribution in [2.45, 2.75) is 52.2 Å². The van der Waals surface area contributed by atoms with Gasteiger partial charge in [0.15, 0.2) is 5.82 Å². The minimum Gasteiger partial charge on any atom is -0.377 e. The molecule has 1 fully saturated rings. The van der Waals surface area contributed by atoms with E-state index >= 15 is 0 Å². The quantitative estimate of drug-likeness (QED) is 0.916. The molecule has 0 atom stereocenters. The summed E-state index contributed by atoms with van der Waals surface area (Å²) in [6, 6.07) is 4.10. The fourth-order valence-corrected chi connectivity index (χ4v) is 2.23. The molecule has 1 aromatic rings. The van der Waals surface area contributed by atoms with E-state index in [0.29, 0.717) is 0 Å². The maximum Gasteiger partial charge on any atom is 0.151 e. The molecule has 0 radical (unpaired) electrons. The van der Waals surface area contributed by atoms with Gasteiger partial charge in [0, 0.05) is 18.6 Å². The minimum atomic E-state index is -0.0297. The molecule has 1 N–H and O–H groups in total. The van der Waals surface area contributed by atoms with E-state index in [1.54, 1.807) is 0 Å². The topological polar surface area (TPSA) is 50.3 Å². The summed E-state index contributed by atoms with van der Waals surface area (Å²) in [5, 5.41) is 12.1. The molecule has 0 aromatic carbocycles. The van der Waals surface area contributed by atoms with Gasteiger partial charge < -0.3 is 15.0 Å². The zero-order valence-corrected chi connectivity index (χ0v) is 13.2. The number of morpholine rings is 1. The largest absolute Gasteiger partial charge is 0.377 e.